The normalized spacial score (nSPS) is 10.8. The number of ether oxygens (including phenoxy) is 4. The van der Waals surface area contributed by atoms with Gasteiger partial charge in [-0.1, -0.05) is 12.1 Å². The smallest absolute Gasteiger partial charge is 0.188 e. The molecule has 0 heterocycles. The highest BCUT2D eigenvalue weighted by Crippen LogP contribution is 2.50. The molecule has 0 radical (unpaired) electrons. The van der Waals surface area contributed by atoms with E-state index in [1.165, 1.54) is 14.2 Å². The van der Waals surface area contributed by atoms with E-state index in [-0.39, 0.29) is 26.4 Å². The molecule has 0 N–H and O–H groups in total. The van der Waals surface area contributed by atoms with Crippen molar-refractivity contribution in [2.45, 2.75) is 12.8 Å². The lowest BCUT2D eigenvalue weighted by Gasteiger charge is -2.25. The summed E-state index contributed by atoms with van der Waals surface area (Å²) >= 11 is 0. The van der Waals surface area contributed by atoms with Gasteiger partial charge in [0.1, 0.15) is 23.3 Å². The van der Waals surface area contributed by atoms with E-state index in [1.54, 1.807) is 0 Å². The molecular formula is C36H36N6O4. The number of rotatable bonds is 13. The van der Waals surface area contributed by atoms with E-state index in [4.69, 9.17) is 18.9 Å². The number of anilines is 2. The van der Waals surface area contributed by atoms with E-state index in [0.29, 0.717) is 33.8 Å². The van der Waals surface area contributed by atoms with Gasteiger partial charge in [0.2, 0.25) is 0 Å². The fourth-order valence-corrected chi connectivity index (χ4v) is 5.45. The Kier molecular flexibility index (Phi) is 10.9. The van der Waals surface area contributed by atoms with Crippen LogP contribution >= 0.6 is 0 Å². The average Bonchev–Trinajstić information content (AvgIpc) is 3.06. The van der Waals surface area contributed by atoms with E-state index in [1.807, 2.05) is 74.4 Å². The number of hydrogen-bond acceptors (Lipinski definition) is 10. The third kappa shape index (κ3) is 6.90. The van der Waals surface area contributed by atoms with Gasteiger partial charge in [-0.05, 0) is 69.1 Å². The van der Waals surface area contributed by atoms with Gasteiger partial charge < -0.3 is 28.7 Å². The Morgan fingerprint density at radius 3 is 1.26 bits per heavy atom. The fraction of sp³-hybridized carbons (Fsp3) is 0.333. The number of benzene rings is 4. The van der Waals surface area contributed by atoms with Gasteiger partial charge in [-0.25, -0.2) is 0 Å². The largest absolute Gasteiger partial charge is 0.467 e. The molecule has 0 aliphatic carbocycles. The molecule has 0 aliphatic heterocycles. The van der Waals surface area contributed by atoms with Crippen LogP contribution in [0.5, 0.6) is 11.5 Å². The zero-order valence-corrected chi connectivity index (χ0v) is 26.9. The SMILES string of the molecule is COCOc1c(CC(C#N)C#N)cc2ccc(N(C)C)cc2c1-c1c(OCOC)c(CC(C#N)C#N)cc2ccc(N(C)C)cc12. The number of methoxy groups -OCH3 is 2. The number of hydrogen-bond donors (Lipinski definition) is 0. The second kappa shape index (κ2) is 15.0. The van der Waals surface area contributed by atoms with E-state index in [0.717, 1.165) is 32.9 Å². The van der Waals surface area contributed by atoms with Gasteiger partial charge in [-0.3, -0.25) is 0 Å². The Morgan fingerprint density at radius 2 is 0.957 bits per heavy atom. The van der Waals surface area contributed by atoms with Crippen molar-refractivity contribution >= 4 is 32.9 Å². The summed E-state index contributed by atoms with van der Waals surface area (Å²) in [4.78, 5) is 4.00. The van der Waals surface area contributed by atoms with Crippen molar-refractivity contribution in [2.75, 3.05) is 65.8 Å². The van der Waals surface area contributed by atoms with Crippen LogP contribution in [0.3, 0.4) is 0 Å². The van der Waals surface area contributed by atoms with Crippen LogP contribution in [-0.2, 0) is 22.3 Å². The van der Waals surface area contributed by atoms with Crippen molar-refractivity contribution in [3.05, 3.63) is 59.7 Å². The van der Waals surface area contributed by atoms with Gasteiger partial charge in [0, 0.05) is 77.8 Å². The monoisotopic (exact) mass is 616 g/mol. The average molecular weight is 617 g/mol. The molecule has 234 valence electrons. The summed E-state index contributed by atoms with van der Waals surface area (Å²) in [7, 11) is 10.9. The van der Waals surface area contributed by atoms with Crippen LogP contribution in [0.2, 0.25) is 0 Å². The lowest BCUT2D eigenvalue weighted by molar-refractivity contribution is 0.0494. The summed E-state index contributed by atoms with van der Waals surface area (Å²) in [6, 6.07) is 24.3. The highest BCUT2D eigenvalue weighted by atomic mass is 16.7. The Labute approximate surface area is 269 Å². The summed E-state index contributed by atoms with van der Waals surface area (Å²) in [5.74, 6) is -0.963. The zero-order valence-electron chi connectivity index (χ0n) is 26.9. The molecule has 4 aromatic rings. The minimum atomic E-state index is -0.920. The first-order valence-corrected chi connectivity index (χ1v) is 14.6. The Morgan fingerprint density at radius 1 is 0.587 bits per heavy atom. The maximum atomic E-state index is 9.75. The van der Waals surface area contributed by atoms with Crippen LogP contribution in [0.25, 0.3) is 32.7 Å². The van der Waals surface area contributed by atoms with E-state index in [9.17, 15) is 21.0 Å². The van der Waals surface area contributed by atoms with Gasteiger partial charge >= 0.3 is 0 Å². The molecule has 4 aromatic carbocycles. The van der Waals surface area contributed by atoms with Crippen molar-refractivity contribution in [3.8, 4) is 46.9 Å². The molecule has 0 aliphatic rings. The maximum absolute atomic E-state index is 9.75. The van der Waals surface area contributed by atoms with Crippen LogP contribution in [0.1, 0.15) is 11.1 Å². The molecule has 0 fully saturated rings. The summed E-state index contributed by atoms with van der Waals surface area (Å²) in [5.41, 5.74) is 4.52. The molecule has 46 heavy (non-hydrogen) atoms. The zero-order chi connectivity index (χ0) is 33.4. The Hall–Kier alpha value is -5.52. The molecular weight excluding hydrogens is 580 g/mol. The lowest BCUT2D eigenvalue weighted by atomic mass is 9.85. The van der Waals surface area contributed by atoms with Gasteiger partial charge in [-0.15, -0.1) is 0 Å². The molecule has 0 saturated carbocycles. The fourth-order valence-electron chi connectivity index (χ4n) is 5.45. The first kappa shape index (κ1) is 33.4. The Balaban J connectivity index is 2.31. The minimum Gasteiger partial charge on any atom is -0.467 e. The third-order valence-electron chi connectivity index (χ3n) is 7.71. The molecule has 0 atom stereocenters. The predicted octanol–water partition coefficient (Wildman–Crippen LogP) is 6.17. The second-order valence-electron chi connectivity index (χ2n) is 11.2. The van der Waals surface area contributed by atoms with E-state index in [2.05, 4.69) is 36.4 Å². The van der Waals surface area contributed by atoms with Crippen molar-refractivity contribution in [3.63, 3.8) is 0 Å². The highest BCUT2D eigenvalue weighted by molar-refractivity contribution is 6.12. The Bertz CT molecular complexity index is 1740. The van der Waals surface area contributed by atoms with Crippen LogP contribution in [-0.4, -0.2) is 56.0 Å². The third-order valence-corrected chi connectivity index (χ3v) is 7.71. The van der Waals surface area contributed by atoms with Crippen LogP contribution < -0.4 is 19.3 Å². The van der Waals surface area contributed by atoms with Crippen LogP contribution in [0.4, 0.5) is 11.4 Å². The van der Waals surface area contributed by atoms with Gasteiger partial charge in [0.15, 0.2) is 13.6 Å². The topological polar surface area (TPSA) is 139 Å². The predicted molar refractivity (Wildman–Crippen MR) is 177 cm³/mol. The van der Waals surface area contributed by atoms with Gasteiger partial charge in [0.25, 0.3) is 0 Å². The molecule has 0 bridgehead atoms. The molecule has 0 aromatic heterocycles. The van der Waals surface area contributed by atoms with Gasteiger partial charge in [0.05, 0.1) is 24.3 Å². The standard InChI is InChI=1S/C36H36N6O4/c1-41(2)29-9-7-25-13-27(11-23(17-37)18-38)35(45-21-43-5)33(31(25)15-29)34-32-16-30(42(3)4)10-8-26(32)14-28(12-24(19-39)20-40)36(34)46-22-44-6/h7-10,13-16,23-24H,11-12,21-22H2,1-6H3. The van der Waals surface area contributed by atoms with Gasteiger partial charge in [-0.2, -0.15) is 21.0 Å². The molecule has 0 unspecified atom stereocenters. The van der Waals surface area contributed by atoms with Crippen molar-refractivity contribution in [1.29, 1.82) is 21.0 Å². The summed E-state index contributed by atoms with van der Waals surface area (Å²) < 4.78 is 23.5. The number of nitriles is 4. The van der Waals surface area contributed by atoms with Crippen molar-refractivity contribution < 1.29 is 18.9 Å². The van der Waals surface area contributed by atoms with Crippen molar-refractivity contribution in [2.24, 2.45) is 11.8 Å². The molecule has 10 heteroatoms. The van der Waals surface area contributed by atoms with Crippen molar-refractivity contribution in [1.82, 2.24) is 0 Å². The minimum absolute atomic E-state index is 0.0948. The highest BCUT2D eigenvalue weighted by Gasteiger charge is 2.27. The van der Waals surface area contributed by atoms with Crippen LogP contribution in [0, 0.1) is 57.2 Å². The first-order valence-electron chi connectivity index (χ1n) is 14.6. The first-order chi connectivity index (χ1) is 22.2. The number of nitrogens with zero attached hydrogens (tertiary/aromatic N) is 6. The second-order valence-corrected chi connectivity index (χ2v) is 11.2. The lowest BCUT2D eigenvalue weighted by Crippen LogP contribution is -2.11. The molecule has 0 saturated heterocycles. The molecule has 4 rings (SSSR count). The van der Waals surface area contributed by atoms with Crippen LogP contribution in [0.15, 0.2) is 48.5 Å². The quantitative estimate of drug-likeness (QED) is 0.160. The van der Waals surface area contributed by atoms with E-state index >= 15 is 0 Å². The molecule has 0 spiro atoms. The summed E-state index contributed by atoms with van der Waals surface area (Å²) in [6.07, 6.45) is 0.231. The summed E-state index contributed by atoms with van der Waals surface area (Å²) in [6.45, 7) is -0.190. The molecule has 0 amide bonds. The molecule has 10 nitrogen and oxygen atoms in total. The van der Waals surface area contributed by atoms with E-state index < -0.39 is 11.8 Å². The number of fused-ring (bicyclic) bond motifs is 2. The maximum Gasteiger partial charge on any atom is 0.188 e. The summed E-state index contributed by atoms with van der Waals surface area (Å²) in [5, 5.41) is 42.4.